The topological polar surface area (TPSA) is 92.8 Å². The first-order chi connectivity index (χ1) is 23.5. The fraction of sp³-hybridized carbons (Fsp3) is 0.286. The summed E-state index contributed by atoms with van der Waals surface area (Å²) in [6.45, 7) is 1.31. The number of anilines is 1. The van der Waals surface area contributed by atoms with Crippen molar-refractivity contribution in [2.45, 2.75) is 43.9 Å². The minimum absolute atomic E-state index is 0.111. The number of alkyl halides is 2. The molecule has 49 heavy (non-hydrogen) atoms. The van der Waals surface area contributed by atoms with E-state index in [0.717, 1.165) is 18.3 Å². The molecule has 4 aromatic rings. The van der Waals surface area contributed by atoms with E-state index in [1.165, 1.54) is 48.7 Å². The van der Waals surface area contributed by atoms with Crippen LogP contribution in [0.1, 0.15) is 52.2 Å². The molecule has 14 heteroatoms. The zero-order valence-electron chi connectivity index (χ0n) is 25.8. The highest BCUT2D eigenvalue weighted by molar-refractivity contribution is 5.95. The van der Waals surface area contributed by atoms with Gasteiger partial charge in [-0.05, 0) is 72.9 Å². The van der Waals surface area contributed by atoms with Gasteiger partial charge in [0.25, 0.3) is 5.91 Å². The first-order valence-corrected chi connectivity index (χ1v) is 15.5. The zero-order valence-corrected chi connectivity index (χ0v) is 25.8. The Morgan fingerprint density at radius 3 is 2.41 bits per heavy atom. The lowest BCUT2D eigenvalue weighted by molar-refractivity contribution is -0.286. The van der Waals surface area contributed by atoms with Crippen LogP contribution in [0.25, 0.3) is 0 Å². The van der Waals surface area contributed by atoms with Crippen molar-refractivity contribution in [1.29, 1.82) is 0 Å². The largest absolute Gasteiger partial charge is 0.586 e. The van der Waals surface area contributed by atoms with Crippen LogP contribution in [0.4, 0.5) is 32.0 Å². The molecule has 3 heterocycles. The van der Waals surface area contributed by atoms with Crippen molar-refractivity contribution < 1.29 is 45.4 Å². The van der Waals surface area contributed by atoms with Crippen LogP contribution < -0.4 is 20.1 Å². The Morgan fingerprint density at radius 2 is 1.65 bits per heavy atom. The van der Waals surface area contributed by atoms with E-state index in [0.29, 0.717) is 44.1 Å². The van der Waals surface area contributed by atoms with Gasteiger partial charge < -0.3 is 25.0 Å². The molecule has 2 aliphatic heterocycles. The van der Waals surface area contributed by atoms with E-state index in [4.69, 9.17) is 0 Å². The van der Waals surface area contributed by atoms with Crippen LogP contribution in [0.2, 0.25) is 0 Å². The molecule has 256 valence electrons. The van der Waals surface area contributed by atoms with E-state index in [-0.39, 0.29) is 58.7 Å². The van der Waals surface area contributed by atoms with Crippen molar-refractivity contribution in [3.63, 3.8) is 0 Å². The van der Waals surface area contributed by atoms with Gasteiger partial charge >= 0.3 is 6.29 Å². The molecule has 0 radical (unpaired) electrons. The van der Waals surface area contributed by atoms with Gasteiger partial charge in [0.1, 0.15) is 23.3 Å². The lowest BCUT2D eigenvalue weighted by Crippen LogP contribution is -2.53. The summed E-state index contributed by atoms with van der Waals surface area (Å²) in [7, 11) is 0. The average molecular weight is 685 g/mol. The Kier molecular flexibility index (Phi) is 9.77. The molecule has 2 N–H and O–H groups in total. The smallest absolute Gasteiger partial charge is 0.395 e. The van der Waals surface area contributed by atoms with Gasteiger partial charge in [0.15, 0.2) is 11.5 Å². The van der Waals surface area contributed by atoms with E-state index in [1.807, 2.05) is 0 Å². The fourth-order valence-electron chi connectivity index (χ4n) is 6.16. The van der Waals surface area contributed by atoms with Crippen LogP contribution in [0.5, 0.6) is 11.5 Å². The highest BCUT2D eigenvalue weighted by Gasteiger charge is 2.44. The normalized spacial score (nSPS) is 17.1. The predicted octanol–water partition coefficient (Wildman–Crippen LogP) is 6.56. The van der Waals surface area contributed by atoms with Crippen LogP contribution >= 0.6 is 0 Å². The summed E-state index contributed by atoms with van der Waals surface area (Å²) in [4.78, 5) is 32.2. The van der Waals surface area contributed by atoms with Gasteiger partial charge in [-0.15, -0.1) is 8.78 Å². The highest BCUT2D eigenvalue weighted by atomic mass is 19.3. The van der Waals surface area contributed by atoms with E-state index >= 15 is 4.39 Å². The Bertz CT molecular complexity index is 1840. The zero-order chi connectivity index (χ0) is 34.7. The summed E-state index contributed by atoms with van der Waals surface area (Å²) >= 11 is 0. The van der Waals surface area contributed by atoms with E-state index in [1.54, 1.807) is 4.90 Å². The van der Waals surface area contributed by atoms with E-state index < -0.39 is 41.4 Å². The molecule has 3 aromatic carbocycles. The molecular formula is C35H30F6N4O4. The molecule has 2 aliphatic rings. The van der Waals surface area contributed by atoms with Crippen molar-refractivity contribution >= 4 is 17.5 Å². The molecule has 0 saturated carbocycles. The molecule has 0 spiro atoms. The van der Waals surface area contributed by atoms with Crippen molar-refractivity contribution in [2.75, 3.05) is 25.0 Å². The minimum atomic E-state index is -3.81. The molecule has 2 amide bonds. The summed E-state index contributed by atoms with van der Waals surface area (Å²) in [5, 5.41) is 5.90. The molecule has 1 fully saturated rings. The maximum Gasteiger partial charge on any atom is 0.586 e. The quantitative estimate of drug-likeness (QED) is 0.184. The third kappa shape index (κ3) is 7.96. The number of halogens is 6. The summed E-state index contributed by atoms with van der Waals surface area (Å²) in [6, 6.07) is 11.6. The Morgan fingerprint density at radius 1 is 0.918 bits per heavy atom. The first kappa shape index (κ1) is 33.8. The van der Waals surface area contributed by atoms with Gasteiger partial charge in [-0.25, -0.2) is 17.6 Å². The molecule has 2 unspecified atom stereocenters. The Hall–Kier alpha value is -5.11. The second-order valence-electron chi connectivity index (χ2n) is 11.8. The number of hydrogen-bond donors (Lipinski definition) is 2. The van der Waals surface area contributed by atoms with Crippen LogP contribution in [0.3, 0.4) is 0 Å². The molecule has 1 saturated heterocycles. The molecule has 6 rings (SSSR count). The van der Waals surface area contributed by atoms with Gasteiger partial charge in [0, 0.05) is 55.2 Å². The van der Waals surface area contributed by atoms with E-state index in [2.05, 4.69) is 25.1 Å². The fourth-order valence-corrected chi connectivity index (χ4v) is 6.16. The second kappa shape index (κ2) is 14.2. The number of aromatic nitrogens is 1. The number of benzene rings is 3. The van der Waals surface area contributed by atoms with Crippen LogP contribution in [0.15, 0.2) is 73.1 Å². The van der Waals surface area contributed by atoms with Crippen molar-refractivity contribution in [3.05, 3.63) is 119 Å². The minimum Gasteiger partial charge on any atom is -0.395 e. The number of pyridine rings is 1. The first-order valence-electron chi connectivity index (χ1n) is 15.5. The van der Waals surface area contributed by atoms with Crippen LogP contribution in [-0.4, -0.2) is 53.7 Å². The molecule has 2 atom stereocenters. The molecule has 0 bridgehead atoms. The number of hydrogen-bond acceptors (Lipinski definition) is 6. The van der Waals surface area contributed by atoms with E-state index in [9.17, 15) is 31.5 Å². The second-order valence-corrected chi connectivity index (χ2v) is 11.8. The summed E-state index contributed by atoms with van der Waals surface area (Å²) in [5.41, 5.74) is 1.04. The summed E-state index contributed by atoms with van der Waals surface area (Å²) in [6.07, 6.45) is -0.796. The van der Waals surface area contributed by atoms with Gasteiger partial charge in [-0.2, -0.15) is 0 Å². The number of rotatable bonds is 10. The number of piperazine rings is 1. The number of nitrogens with one attached hydrogen (secondary N) is 2. The van der Waals surface area contributed by atoms with Crippen LogP contribution in [-0.2, 0) is 11.2 Å². The van der Waals surface area contributed by atoms with Crippen molar-refractivity contribution in [2.24, 2.45) is 0 Å². The average Bonchev–Trinajstić information content (AvgIpc) is 3.38. The molecule has 8 nitrogen and oxygen atoms in total. The molecule has 0 aliphatic carbocycles. The third-order valence-electron chi connectivity index (χ3n) is 8.45. The monoisotopic (exact) mass is 684 g/mol. The van der Waals surface area contributed by atoms with Crippen molar-refractivity contribution in [1.82, 2.24) is 15.2 Å². The van der Waals surface area contributed by atoms with Gasteiger partial charge in [-0.3, -0.25) is 14.6 Å². The highest BCUT2D eigenvalue weighted by Crippen LogP contribution is 2.41. The number of amides is 2. The Labute approximate surface area is 277 Å². The summed E-state index contributed by atoms with van der Waals surface area (Å²) < 4.78 is 92.9. The maximum absolute atomic E-state index is 15.1. The molecular weight excluding hydrogens is 654 g/mol. The third-order valence-corrected chi connectivity index (χ3v) is 8.45. The molecule has 1 aromatic heterocycles. The van der Waals surface area contributed by atoms with Gasteiger partial charge in [0.05, 0.1) is 18.1 Å². The van der Waals surface area contributed by atoms with Crippen LogP contribution in [0, 0.1) is 23.3 Å². The van der Waals surface area contributed by atoms with Gasteiger partial charge in [-0.1, -0.05) is 12.1 Å². The standard InChI is InChI=1S/C35H30F6N4O4/c36-23-7-4-20(5-8-23)28(22-12-24(37)15-25(38)13-22)16-33(46)44-30-19-43-18-29(39)27(30)3-1-2-26-17-42-10-11-45(26)34(47)21-6-9-31-32(14-21)49-35(40,41)48-31/h4-9,12-15,18-19,26,28,42H,1-3,10-11,16-17H2,(H,44,46). The number of carbonyl (C=O) groups is 2. The lowest BCUT2D eigenvalue weighted by atomic mass is 9.88. The summed E-state index contributed by atoms with van der Waals surface area (Å²) in [5.74, 6) is -5.10. The number of nitrogens with zero attached hydrogens (tertiary/aromatic N) is 2. The lowest BCUT2D eigenvalue weighted by Gasteiger charge is -2.36. The predicted molar refractivity (Wildman–Crippen MR) is 165 cm³/mol. The maximum atomic E-state index is 15.1. The van der Waals surface area contributed by atoms with Gasteiger partial charge in [0.2, 0.25) is 5.91 Å². The number of fused-ring (bicyclic) bond motifs is 1. The number of ether oxygens (including phenoxy) is 2. The number of carbonyl (C=O) groups excluding carboxylic acids is 2. The SMILES string of the molecule is O=C(CC(c1ccc(F)cc1)c1cc(F)cc(F)c1)Nc1cncc(F)c1CCCC1CNCCN1C(=O)c1ccc2c(c1)OC(F)(F)O2. The Balaban J connectivity index is 1.13. The van der Waals surface area contributed by atoms with Crippen molar-refractivity contribution in [3.8, 4) is 11.5 Å².